The van der Waals surface area contributed by atoms with Crippen molar-refractivity contribution in [2.45, 2.75) is 83.7 Å². The molecule has 2 nitrogen and oxygen atoms in total. The number of benzene rings is 1. The van der Waals surface area contributed by atoms with E-state index in [1.165, 1.54) is 63.4 Å². The lowest BCUT2D eigenvalue weighted by molar-refractivity contribution is 0.201. The van der Waals surface area contributed by atoms with Gasteiger partial charge in [-0.1, -0.05) is 63.0 Å². The molecule has 2 heteroatoms. The van der Waals surface area contributed by atoms with Gasteiger partial charge < -0.3 is 9.47 Å². The van der Waals surface area contributed by atoms with Crippen LogP contribution >= 0.6 is 0 Å². The summed E-state index contributed by atoms with van der Waals surface area (Å²) in [6.07, 6.45) is 17.6. The molecule has 0 N–H and O–H groups in total. The Labute approximate surface area is 154 Å². The fourth-order valence-corrected chi connectivity index (χ4v) is 2.97. The summed E-state index contributed by atoms with van der Waals surface area (Å²) in [5, 5.41) is 0. The molecule has 0 radical (unpaired) electrons. The molecule has 1 aromatic rings. The van der Waals surface area contributed by atoms with Crippen LogP contribution in [0.1, 0.15) is 77.2 Å². The number of epoxide rings is 1. The predicted molar refractivity (Wildman–Crippen MR) is 106 cm³/mol. The monoisotopic (exact) mass is 344 g/mol. The highest BCUT2D eigenvalue weighted by Gasteiger charge is 2.40. The van der Waals surface area contributed by atoms with Gasteiger partial charge in [-0.05, 0) is 57.1 Å². The molecule has 1 aromatic carbocycles. The molecule has 1 atom stereocenters. The molecule has 0 amide bonds. The summed E-state index contributed by atoms with van der Waals surface area (Å²) in [5.74, 6) is 1.03. The zero-order valence-corrected chi connectivity index (χ0v) is 16.3. The molecule has 2 rings (SSSR count). The lowest BCUT2D eigenvalue weighted by Crippen LogP contribution is -2.17. The van der Waals surface area contributed by atoms with Gasteiger partial charge in [0.05, 0.1) is 6.61 Å². The Balaban J connectivity index is 1.55. The van der Waals surface area contributed by atoms with Gasteiger partial charge in [-0.15, -0.1) is 0 Å². The molecular weight excluding hydrogens is 308 g/mol. The van der Waals surface area contributed by atoms with E-state index in [-0.39, 0.29) is 5.60 Å². The normalized spacial score (nSPS) is 19.4. The standard InChI is InChI=1S/C23H36O2/c1-3-4-5-6-7-8-9-10-11-12-13-16-21-17-14-15-18-22(21)24-19-23(2)20-25-23/h9-10,14-15,17-18H,3-8,11-13,16,19-20H2,1-2H3/b10-9+. The van der Waals surface area contributed by atoms with Crippen molar-refractivity contribution in [1.82, 2.24) is 0 Å². The summed E-state index contributed by atoms with van der Waals surface area (Å²) in [6, 6.07) is 8.44. The van der Waals surface area contributed by atoms with Crippen molar-refractivity contribution < 1.29 is 9.47 Å². The van der Waals surface area contributed by atoms with Crippen LogP contribution in [0.2, 0.25) is 0 Å². The average molecular weight is 345 g/mol. The SMILES string of the molecule is CCCCCCC/C=C/CCCCc1ccccc1OCC1(C)CO1. The van der Waals surface area contributed by atoms with Crippen LogP contribution in [0.5, 0.6) is 5.75 Å². The predicted octanol–water partition coefficient (Wildman–Crippen LogP) is 6.48. The van der Waals surface area contributed by atoms with Gasteiger partial charge in [-0.2, -0.15) is 0 Å². The van der Waals surface area contributed by atoms with Gasteiger partial charge in [0.1, 0.15) is 18.0 Å². The molecule has 140 valence electrons. The van der Waals surface area contributed by atoms with Crippen molar-refractivity contribution in [3.8, 4) is 5.75 Å². The minimum atomic E-state index is -0.0472. The van der Waals surface area contributed by atoms with Crippen LogP contribution in [0.3, 0.4) is 0 Å². The smallest absolute Gasteiger partial charge is 0.123 e. The maximum Gasteiger partial charge on any atom is 0.123 e. The van der Waals surface area contributed by atoms with E-state index in [1.807, 2.05) is 0 Å². The number of rotatable bonds is 14. The molecule has 0 bridgehead atoms. The summed E-state index contributed by atoms with van der Waals surface area (Å²) in [5.41, 5.74) is 1.28. The fourth-order valence-electron chi connectivity index (χ4n) is 2.97. The van der Waals surface area contributed by atoms with Gasteiger partial charge in [0.15, 0.2) is 0 Å². The minimum absolute atomic E-state index is 0.0472. The van der Waals surface area contributed by atoms with E-state index in [4.69, 9.17) is 9.47 Å². The van der Waals surface area contributed by atoms with E-state index >= 15 is 0 Å². The third-order valence-electron chi connectivity index (χ3n) is 4.85. The van der Waals surface area contributed by atoms with E-state index in [2.05, 4.69) is 50.3 Å². The number of aryl methyl sites for hydroxylation is 1. The summed E-state index contributed by atoms with van der Waals surface area (Å²) >= 11 is 0. The molecule has 1 fully saturated rings. The van der Waals surface area contributed by atoms with Crippen LogP contribution in [0, 0.1) is 0 Å². The highest BCUT2D eigenvalue weighted by atomic mass is 16.6. The molecule has 1 aliphatic rings. The van der Waals surface area contributed by atoms with Crippen molar-refractivity contribution in [2.24, 2.45) is 0 Å². The van der Waals surface area contributed by atoms with E-state index in [0.29, 0.717) is 6.61 Å². The Kier molecular flexibility index (Phi) is 9.10. The number of para-hydroxylation sites is 1. The van der Waals surface area contributed by atoms with Crippen molar-refractivity contribution in [1.29, 1.82) is 0 Å². The Bertz CT molecular complexity index is 503. The molecule has 0 spiro atoms. The van der Waals surface area contributed by atoms with E-state index in [0.717, 1.165) is 18.8 Å². The first-order chi connectivity index (χ1) is 12.2. The largest absolute Gasteiger partial charge is 0.490 e. The van der Waals surface area contributed by atoms with E-state index in [1.54, 1.807) is 0 Å². The Morgan fingerprint density at radius 1 is 1.00 bits per heavy atom. The maximum absolute atomic E-state index is 5.98. The van der Waals surface area contributed by atoms with Gasteiger partial charge in [0, 0.05) is 0 Å². The van der Waals surface area contributed by atoms with Crippen LogP contribution in [0.25, 0.3) is 0 Å². The second-order valence-corrected chi connectivity index (χ2v) is 7.56. The zero-order valence-electron chi connectivity index (χ0n) is 16.3. The highest BCUT2D eigenvalue weighted by Crippen LogP contribution is 2.28. The van der Waals surface area contributed by atoms with Crippen molar-refractivity contribution in [3.63, 3.8) is 0 Å². The summed E-state index contributed by atoms with van der Waals surface area (Å²) in [7, 11) is 0. The molecule has 0 saturated carbocycles. The summed E-state index contributed by atoms with van der Waals surface area (Å²) in [6.45, 7) is 5.85. The van der Waals surface area contributed by atoms with Gasteiger partial charge >= 0.3 is 0 Å². The third-order valence-corrected chi connectivity index (χ3v) is 4.85. The summed E-state index contributed by atoms with van der Waals surface area (Å²) in [4.78, 5) is 0. The van der Waals surface area contributed by atoms with Gasteiger partial charge in [0.2, 0.25) is 0 Å². The Hall–Kier alpha value is -1.28. The zero-order chi connectivity index (χ0) is 17.8. The maximum atomic E-state index is 5.98. The van der Waals surface area contributed by atoms with Crippen molar-refractivity contribution >= 4 is 0 Å². The molecular formula is C23H36O2. The highest BCUT2D eigenvalue weighted by molar-refractivity contribution is 5.33. The molecule has 1 aliphatic heterocycles. The summed E-state index contributed by atoms with van der Waals surface area (Å²) < 4.78 is 11.4. The average Bonchev–Trinajstić information content (AvgIpc) is 3.36. The van der Waals surface area contributed by atoms with Crippen molar-refractivity contribution in [3.05, 3.63) is 42.0 Å². The van der Waals surface area contributed by atoms with Gasteiger partial charge in [-0.25, -0.2) is 0 Å². The second-order valence-electron chi connectivity index (χ2n) is 7.56. The Morgan fingerprint density at radius 3 is 2.40 bits per heavy atom. The van der Waals surface area contributed by atoms with Crippen LogP contribution in [-0.2, 0) is 11.2 Å². The van der Waals surface area contributed by atoms with Gasteiger partial charge in [-0.3, -0.25) is 0 Å². The quantitative estimate of drug-likeness (QED) is 0.219. The number of allylic oxidation sites excluding steroid dienone is 2. The first-order valence-corrected chi connectivity index (χ1v) is 10.2. The second kappa shape index (κ2) is 11.4. The lowest BCUT2D eigenvalue weighted by atomic mass is 10.1. The minimum Gasteiger partial charge on any atom is -0.490 e. The molecule has 25 heavy (non-hydrogen) atoms. The molecule has 0 aromatic heterocycles. The number of hydrogen-bond acceptors (Lipinski definition) is 2. The number of ether oxygens (including phenoxy) is 2. The van der Waals surface area contributed by atoms with E-state index in [9.17, 15) is 0 Å². The topological polar surface area (TPSA) is 21.8 Å². The van der Waals surface area contributed by atoms with E-state index < -0.39 is 0 Å². The number of unbranched alkanes of at least 4 members (excludes halogenated alkanes) is 7. The Morgan fingerprint density at radius 2 is 1.68 bits per heavy atom. The molecule has 1 heterocycles. The van der Waals surface area contributed by atoms with Crippen LogP contribution in [0.15, 0.2) is 36.4 Å². The van der Waals surface area contributed by atoms with Crippen molar-refractivity contribution in [2.75, 3.05) is 13.2 Å². The first kappa shape index (κ1) is 20.0. The van der Waals surface area contributed by atoms with Crippen LogP contribution in [0.4, 0.5) is 0 Å². The van der Waals surface area contributed by atoms with Gasteiger partial charge in [0.25, 0.3) is 0 Å². The molecule has 1 saturated heterocycles. The number of hydrogen-bond donors (Lipinski definition) is 0. The molecule has 1 unspecified atom stereocenters. The third kappa shape index (κ3) is 8.58. The lowest BCUT2D eigenvalue weighted by Gasteiger charge is -2.13. The molecule has 0 aliphatic carbocycles. The first-order valence-electron chi connectivity index (χ1n) is 10.2. The fraction of sp³-hybridized carbons (Fsp3) is 0.652. The van der Waals surface area contributed by atoms with Crippen LogP contribution in [-0.4, -0.2) is 18.8 Å². The van der Waals surface area contributed by atoms with Crippen LogP contribution < -0.4 is 4.74 Å².